The minimum Gasteiger partial charge on any atom is -0.435 e. The number of halogens is 3. The van der Waals surface area contributed by atoms with Crippen LogP contribution in [0.25, 0.3) is 0 Å². The van der Waals surface area contributed by atoms with Crippen molar-refractivity contribution >= 4 is 0 Å². The molecule has 0 spiro atoms. The van der Waals surface area contributed by atoms with Gasteiger partial charge in [-0.3, -0.25) is 0 Å². The molecule has 2 rings (SSSR count). The fourth-order valence-electron chi connectivity index (χ4n) is 2.09. The second-order valence-electron chi connectivity index (χ2n) is 5.18. The van der Waals surface area contributed by atoms with E-state index in [-0.39, 0.29) is 18.1 Å². The van der Waals surface area contributed by atoms with Crippen molar-refractivity contribution < 1.29 is 23.0 Å². The highest BCUT2D eigenvalue weighted by atomic mass is 19.3. The zero-order valence-electron chi connectivity index (χ0n) is 12.6. The number of ether oxygens (including phenoxy) is 1. The Morgan fingerprint density at radius 1 is 1.13 bits per heavy atom. The monoisotopic (exact) mass is 325 g/mol. The van der Waals surface area contributed by atoms with Gasteiger partial charge in [-0.2, -0.15) is 8.78 Å². The van der Waals surface area contributed by atoms with E-state index in [9.17, 15) is 18.3 Å². The third-order valence-corrected chi connectivity index (χ3v) is 3.39. The second-order valence-corrected chi connectivity index (χ2v) is 5.18. The molecule has 0 fully saturated rings. The number of alkyl halides is 2. The molecule has 0 radical (unpaired) electrons. The Morgan fingerprint density at radius 3 is 2.43 bits per heavy atom. The molecule has 1 atom stereocenters. The lowest BCUT2D eigenvalue weighted by Crippen LogP contribution is -2.21. The number of aliphatic hydroxyl groups is 1. The molecule has 0 heterocycles. The average Bonchev–Trinajstić information content (AvgIpc) is 2.51. The first-order chi connectivity index (χ1) is 11.0. The van der Waals surface area contributed by atoms with E-state index in [4.69, 9.17) is 0 Å². The molecule has 0 aliphatic rings. The van der Waals surface area contributed by atoms with Crippen molar-refractivity contribution in [3.05, 3.63) is 65.0 Å². The van der Waals surface area contributed by atoms with Gasteiger partial charge in [0.25, 0.3) is 0 Å². The van der Waals surface area contributed by atoms with Gasteiger partial charge in [-0.25, -0.2) is 4.39 Å². The van der Waals surface area contributed by atoms with Crippen LogP contribution >= 0.6 is 0 Å². The van der Waals surface area contributed by atoms with Crippen molar-refractivity contribution in [1.29, 1.82) is 0 Å². The van der Waals surface area contributed by atoms with E-state index in [1.165, 1.54) is 30.3 Å². The van der Waals surface area contributed by atoms with Gasteiger partial charge in [0.1, 0.15) is 11.6 Å². The molecule has 0 saturated carbocycles. The van der Waals surface area contributed by atoms with Crippen molar-refractivity contribution in [1.82, 2.24) is 5.32 Å². The third kappa shape index (κ3) is 5.26. The molecule has 2 N–H and O–H groups in total. The first-order valence-corrected chi connectivity index (χ1v) is 7.14. The molecule has 3 nitrogen and oxygen atoms in total. The molecule has 0 aromatic heterocycles. The van der Waals surface area contributed by atoms with Gasteiger partial charge in [-0.1, -0.05) is 24.3 Å². The summed E-state index contributed by atoms with van der Waals surface area (Å²) in [6.07, 6.45) is -0.800. The molecular weight excluding hydrogens is 307 g/mol. The molecule has 6 heteroatoms. The standard InChI is InChI=1S/C17H18F3NO2/c1-11-2-3-12(8-15(11)18)9-21-10-16(22)13-4-6-14(7-5-13)23-17(19)20/h2-8,16-17,21-22H,9-10H2,1H3. The third-order valence-electron chi connectivity index (χ3n) is 3.39. The maximum Gasteiger partial charge on any atom is 0.387 e. The van der Waals surface area contributed by atoms with Crippen molar-refractivity contribution in [2.45, 2.75) is 26.2 Å². The fraction of sp³-hybridized carbons (Fsp3) is 0.294. The summed E-state index contributed by atoms with van der Waals surface area (Å²) in [5, 5.41) is 13.1. The zero-order valence-corrected chi connectivity index (χ0v) is 12.6. The predicted molar refractivity (Wildman–Crippen MR) is 80.9 cm³/mol. The summed E-state index contributed by atoms with van der Waals surface area (Å²) in [7, 11) is 0. The smallest absolute Gasteiger partial charge is 0.387 e. The van der Waals surface area contributed by atoms with Crippen LogP contribution in [0.5, 0.6) is 5.75 Å². The van der Waals surface area contributed by atoms with Crippen molar-refractivity contribution in [2.24, 2.45) is 0 Å². The molecular formula is C17H18F3NO2. The summed E-state index contributed by atoms with van der Waals surface area (Å²) in [6, 6.07) is 10.8. The van der Waals surface area contributed by atoms with E-state index < -0.39 is 12.7 Å². The van der Waals surface area contributed by atoms with E-state index in [1.54, 1.807) is 13.0 Å². The summed E-state index contributed by atoms with van der Waals surface area (Å²) in [5.74, 6) is -0.224. The molecule has 0 bridgehead atoms. The largest absolute Gasteiger partial charge is 0.435 e. The van der Waals surface area contributed by atoms with Gasteiger partial charge in [0.2, 0.25) is 0 Å². The van der Waals surface area contributed by atoms with Crippen LogP contribution in [0, 0.1) is 12.7 Å². The molecule has 1 unspecified atom stereocenters. The van der Waals surface area contributed by atoms with Crippen LogP contribution in [-0.4, -0.2) is 18.3 Å². The molecule has 0 aliphatic carbocycles. The fourth-order valence-corrected chi connectivity index (χ4v) is 2.09. The first kappa shape index (κ1) is 17.3. The average molecular weight is 325 g/mol. The molecule has 0 amide bonds. The lowest BCUT2D eigenvalue weighted by Gasteiger charge is -2.13. The van der Waals surface area contributed by atoms with E-state index in [2.05, 4.69) is 10.1 Å². The van der Waals surface area contributed by atoms with Gasteiger partial charge in [-0.05, 0) is 41.8 Å². The Bertz CT molecular complexity index is 632. The lowest BCUT2D eigenvalue weighted by atomic mass is 10.1. The Morgan fingerprint density at radius 2 is 1.83 bits per heavy atom. The summed E-state index contributed by atoms with van der Waals surface area (Å²) in [5.41, 5.74) is 1.94. The van der Waals surface area contributed by atoms with Gasteiger partial charge >= 0.3 is 6.61 Å². The first-order valence-electron chi connectivity index (χ1n) is 7.14. The van der Waals surface area contributed by atoms with E-state index in [1.807, 2.05) is 6.07 Å². The number of hydrogen-bond acceptors (Lipinski definition) is 3. The van der Waals surface area contributed by atoms with E-state index in [0.717, 1.165) is 5.56 Å². The molecule has 2 aromatic carbocycles. The number of benzene rings is 2. The molecule has 23 heavy (non-hydrogen) atoms. The van der Waals surface area contributed by atoms with Crippen LogP contribution in [0.2, 0.25) is 0 Å². The number of aryl methyl sites for hydroxylation is 1. The minimum absolute atomic E-state index is 0.0408. The van der Waals surface area contributed by atoms with Gasteiger partial charge in [-0.15, -0.1) is 0 Å². The maximum absolute atomic E-state index is 13.4. The number of nitrogens with one attached hydrogen (secondary N) is 1. The van der Waals surface area contributed by atoms with Crippen molar-refractivity contribution in [2.75, 3.05) is 6.54 Å². The highest BCUT2D eigenvalue weighted by molar-refractivity contribution is 5.29. The summed E-state index contributed by atoms with van der Waals surface area (Å²) >= 11 is 0. The Hall–Kier alpha value is -2.05. The summed E-state index contributed by atoms with van der Waals surface area (Å²) in [4.78, 5) is 0. The number of hydrogen-bond donors (Lipinski definition) is 2. The quantitative estimate of drug-likeness (QED) is 0.818. The van der Waals surface area contributed by atoms with Crippen LogP contribution in [0.1, 0.15) is 22.8 Å². The zero-order chi connectivity index (χ0) is 16.8. The molecule has 0 aliphatic heterocycles. The Labute approximate surface area is 132 Å². The van der Waals surface area contributed by atoms with E-state index in [0.29, 0.717) is 17.7 Å². The van der Waals surface area contributed by atoms with Crippen molar-refractivity contribution in [3.63, 3.8) is 0 Å². The SMILES string of the molecule is Cc1ccc(CNCC(O)c2ccc(OC(F)F)cc2)cc1F. The van der Waals surface area contributed by atoms with Crippen LogP contribution in [0.4, 0.5) is 13.2 Å². The van der Waals surface area contributed by atoms with Crippen LogP contribution in [0.15, 0.2) is 42.5 Å². The summed E-state index contributed by atoms with van der Waals surface area (Å²) < 4.78 is 41.8. The molecule has 0 saturated heterocycles. The Balaban J connectivity index is 1.84. The van der Waals surface area contributed by atoms with Gasteiger partial charge in [0, 0.05) is 13.1 Å². The van der Waals surface area contributed by atoms with Gasteiger partial charge < -0.3 is 15.2 Å². The van der Waals surface area contributed by atoms with Crippen LogP contribution < -0.4 is 10.1 Å². The second kappa shape index (κ2) is 7.99. The number of rotatable bonds is 7. The van der Waals surface area contributed by atoms with Crippen LogP contribution in [-0.2, 0) is 6.54 Å². The normalized spacial score (nSPS) is 12.4. The topological polar surface area (TPSA) is 41.5 Å². The van der Waals surface area contributed by atoms with Crippen LogP contribution in [0.3, 0.4) is 0 Å². The summed E-state index contributed by atoms with van der Waals surface area (Å²) in [6.45, 7) is -0.509. The van der Waals surface area contributed by atoms with Gasteiger partial charge in [0.05, 0.1) is 6.10 Å². The lowest BCUT2D eigenvalue weighted by molar-refractivity contribution is -0.0498. The maximum atomic E-state index is 13.4. The predicted octanol–water partition coefficient (Wildman–Crippen LogP) is 3.56. The minimum atomic E-state index is -2.87. The number of aliphatic hydroxyl groups excluding tert-OH is 1. The Kier molecular flexibility index (Phi) is 6.01. The van der Waals surface area contributed by atoms with E-state index >= 15 is 0 Å². The molecule has 124 valence electrons. The highest BCUT2D eigenvalue weighted by Crippen LogP contribution is 2.19. The molecule has 2 aromatic rings. The highest BCUT2D eigenvalue weighted by Gasteiger charge is 2.09. The van der Waals surface area contributed by atoms with Gasteiger partial charge in [0.15, 0.2) is 0 Å². The van der Waals surface area contributed by atoms with Crippen molar-refractivity contribution in [3.8, 4) is 5.75 Å².